The third-order valence-corrected chi connectivity index (χ3v) is 4.89. The average Bonchev–Trinajstić information content (AvgIpc) is 2.76. The lowest BCUT2D eigenvalue weighted by atomic mass is 10.1. The molecule has 0 amide bonds. The van der Waals surface area contributed by atoms with Crippen molar-refractivity contribution in [2.75, 3.05) is 0 Å². The van der Waals surface area contributed by atoms with Crippen LogP contribution in [0, 0.1) is 5.82 Å². The number of hydrogen-bond donors (Lipinski definition) is 2. The van der Waals surface area contributed by atoms with Crippen molar-refractivity contribution in [3.8, 4) is 0 Å². The van der Waals surface area contributed by atoms with E-state index in [1.165, 1.54) is 23.2 Å². The molecule has 4 rings (SSSR count). The van der Waals surface area contributed by atoms with Crippen LogP contribution in [0.1, 0.15) is 16.8 Å². The molecule has 5 nitrogen and oxygen atoms in total. The largest absolute Gasteiger partial charge is 0.396 e. The standard InChI is InChI=1S/C23H19ClFN5/c24-16-8-9-18(25)17(13-16)22(26)23(30(27)14-15-5-2-1-3-6-15)21-11-10-19-20(29-21)7-4-12-28-19/h1-13H,14,26-27H2/b23-22-. The van der Waals surface area contributed by atoms with Gasteiger partial charge in [-0.05, 0) is 48.0 Å². The number of fused-ring (bicyclic) bond motifs is 1. The third-order valence-electron chi connectivity index (χ3n) is 4.66. The Bertz CT molecular complexity index is 1230. The minimum Gasteiger partial charge on any atom is -0.396 e. The highest BCUT2D eigenvalue weighted by atomic mass is 35.5. The molecule has 30 heavy (non-hydrogen) atoms. The summed E-state index contributed by atoms with van der Waals surface area (Å²) >= 11 is 6.09. The van der Waals surface area contributed by atoms with E-state index >= 15 is 0 Å². The Morgan fingerprint density at radius 3 is 2.57 bits per heavy atom. The first-order valence-electron chi connectivity index (χ1n) is 9.26. The molecule has 7 heteroatoms. The van der Waals surface area contributed by atoms with E-state index in [2.05, 4.69) is 9.97 Å². The molecule has 2 aromatic carbocycles. The van der Waals surface area contributed by atoms with Crippen LogP contribution in [0.25, 0.3) is 22.4 Å². The maximum absolute atomic E-state index is 14.6. The summed E-state index contributed by atoms with van der Waals surface area (Å²) in [6.07, 6.45) is 1.70. The number of rotatable bonds is 5. The third kappa shape index (κ3) is 4.10. The normalized spacial score (nSPS) is 12.0. The number of benzene rings is 2. The van der Waals surface area contributed by atoms with Crippen molar-refractivity contribution in [1.29, 1.82) is 0 Å². The Morgan fingerprint density at radius 2 is 1.77 bits per heavy atom. The molecule has 150 valence electrons. The summed E-state index contributed by atoms with van der Waals surface area (Å²) in [4.78, 5) is 8.95. The number of hydrogen-bond acceptors (Lipinski definition) is 5. The van der Waals surface area contributed by atoms with E-state index in [9.17, 15) is 4.39 Å². The molecule has 0 radical (unpaired) electrons. The number of hydrazine groups is 1. The van der Waals surface area contributed by atoms with E-state index in [0.717, 1.165) is 11.1 Å². The summed E-state index contributed by atoms with van der Waals surface area (Å²) < 4.78 is 14.6. The van der Waals surface area contributed by atoms with Gasteiger partial charge in [0.15, 0.2) is 0 Å². The van der Waals surface area contributed by atoms with Gasteiger partial charge < -0.3 is 10.7 Å². The SMILES string of the molecule is N/C(=C(/c1ccc2ncccc2n1)N(N)Cc1ccccc1)c1cc(Cl)ccc1F. The average molecular weight is 420 g/mol. The number of nitrogens with two attached hydrogens (primary N) is 2. The van der Waals surface area contributed by atoms with Crippen LogP contribution in [0.15, 0.2) is 79.0 Å². The summed E-state index contributed by atoms with van der Waals surface area (Å²) in [5.74, 6) is 5.94. The molecule has 0 aliphatic heterocycles. The van der Waals surface area contributed by atoms with Crippen molar-refractivity contribution >= 4 is 34.0 Å². The molecule has 0 aliphatic rings. The van der Waals surface area contributed by atoms with Crippen molar-refractivity contribution in [3.63, 3.8) is 0 Å². The molecule has 0 unspecified atom stereocenters. The predicted molar refractivity (Wildman–Crippen MR) is 118 cm³/mol. The van der Waals surface area contributed by atoms with E-state index in [4.69, 9.17) is 23.2 Å². The molecule has 2 heterocycles. The molecular formula is C23H19ClFN5. The lowest BCUT2D eigenvalue weighted by Crippen LogP contribution is -2.31. The number of halogens is 2. The summed E-state index contributed by atoms with van der Waals surface area (Å²) in [6, 6.07) is 21.1. The van der Waals surface area contributed by atoms with Gasteiger partial charge in [-0.3, -0.25) is 4.98 Å². The molecule has 2 aromatic heterocycles. The smallest absolute Gasteiger partial charge is 0.132 e. The quantitative estimate of drug-likeness (QED) is 0.365. The van der Waals surface area contributed by atoms with Gasteiger partial charge in [-0.2, -0.15) is 0 Å². The molecule has 0 aliphatic carbocycles. The van der Waals surface area contributed by atoms with Crippen LogP contribution in [-0.4, -0.2) is 15.0 Å². The van der Waals surface area contributed by atoms with Crippen molar-refractivity contribution < 1.29 is 4.39 Å². The Kier molecular flexibility index (Phi) is 5.61. The molecule has 0 atom stereocenters. The molecule has 0 saturated heterocycles. The van der Waals surface area contributed by atoms with Gasteiger partial charge >= 0.3 is 0 Å². The van der Waals surface area contributed by atoms with Crippen molar-refractivity contribution in [1.82, 2.24) is 15.0 Å². The van der Waals surface area contributed by atoms with Crippen LogP contribution in [-0.2, 0) is 6.54 Å². The van der Waals surface area contributed by atoms with Crippen molar-refractivity contribution in [2.24, 2.45) is 11.6 Å². The molecule has 0 bridgehead atoms. The molecule has 0 fully saturated rings. The van der Waals surface area contributed by atoms with Gasteiger partial charge in [0.25, 0.3) is 0 Å². The van der Waals surface area contributed by atoms with Crippen molar-refractivity contribution in [2.45, 2.75) is 6.54 Å². The maximum atomic E-state index is 14.6. The lowest BCUT2D eigenvalue weighted by molar-refractivity contribution is 0.409. The fourth-order valence-electron chi connectivity index (χ4n) is 3.22. The van der Waals surface area contributed by atoms with Crippen LogP contribution in [0.5, 0.6) is 0 Å². The van der Waals surface area contributed by atoms with E-state index in [-0.39, 0.29) is 11.3 Å². The van der Waals surface area contributed by atoms with E-state index < -0.39 is 5.82 Å². The van der Waals surface area contributed by atoms with Gasteiger partial charge in [0.1, 0.15) is 11.5 Å². The first-order valence-corrected chi connectivity index (χ1v) is 9.64. The fraction of sp³-hybridized carbons (Fsp3) is 0.0435. The molecule has 0 spiro atoms. The van der Waals surface area contributed by atoms with Crippen LogP contribution in [0.2, 0.25) is 5.02 Å². The zero-order chi connectivity index (χ0) is 21.1. The summed E-state index contributed by atoms with van der Waals surface area (Å²) in [5.41, 5.74) is 10.0. The van der Waals surface area contributed by atoms with E-state index in [1.54, 1.807) is 18.3 Å². The van der Waals surface area contributed by atoms with E-state index in [1.807, 2.05) is 42.5 Å². The van der Waals surface area contributed by atoms with Gasteiger partial charge in [0, 0.05) is 16.8 Å². The molecular weight excluding hydrogens is 401 g/mol. The molecule has 4 aromatic rings. The first kappa shape index (κ1) is 19.8. The second-order valence-electron chi connectivity index (χ2n) is 6.74. The van der Waals surface area contributed by atoms with Gasteiger partial charge in [0.05, 0.1) is 29.0 Å². The number of nitrogens with zero attached hydrogens (tertiary/aromatic N) is 3. The second kappa shape index (κ2) is 8.49. The van der Waals surface area contributed by atoms with Gasteiger partial charge in [-0.15, -0.1) is 0 Å². The van der Waals surface area contributed by atoms with Crippen LogP contribution in [0.4, 0.5) is 4.39 Å². The minimum absolute atomic E-state index is 0.143. The van der Waals surface area contributed by atoms with Crippen molar-refractivity contribution in [3.05, 3.63) is 107 Å². The molecule has 4 N–H and O–H groups in total. The van der Waals surface area contributed by atoms with Crippen LogP contribution < -0.4 is 11.6 Å². The van der Waals surface area contributed by atoms with Crippen LogP contribution in [0.3, 0.4) is 0 Å². The molecule has 0 saturated carbocycles. The Hall–Kier alpha value is -3.48. The highest BCUT2D eigenvalue weighted by Gasteiger charge is 2.19. The first-order chi connectivity index (χ1) is 14.5. The predicted octanol–water partition coefficient (Wildman–Crippen LogP) is 4.58. The zero-order valence-electron chi connectivity index (χ0n) is 16.0. The lowest BCUT2D eigenvalue weighted by Gasteiger charge is -2.24. The summed E-state index contributed by atoms with van der Waals surface area (Å²) in [7, 11) is 0. The Labute approximate surface area is 178 Å². The second-order valence-corrected chi connectivity index (χ2v) is 7.17. The summed E-state index contributed by atoms with van der Waals surface area (Å²) in [5, 5.41) is 1.84. The number of pyridine rings is 2. The van der Waals surface area contributed by atoms with E-state index in [0.29, 0.717) is 28.5 Å². The van der Waals surface area contributed by atoms with Gasteiger partial charge in [-0.25, -0.2) is 15.2 Å². The summed E-state index contributed by atoms with van der Waals surface area (Å²) in [6.45, 7) is 0.353. The van der Waals surface area contributed by atoms with Gasteiger partial charge in [0.2, 0.25) is 0 Å². The fourth-order valence-corrected chi connectivity index (χ4v) is 3.39. The highest BCUT2D eigenvalue weighted by molar-refractivity contribution is 6.30. The minimum atomic E-state index is -0.495. The number of aromatic nitrogens is 2. The van der Waals surface area contributed by atoms with Crippen LogP contribution >= 0.6 is 11.6 Å². The topological polar surface area (TPSA) is 81.1 Å². The highest BCUT2D eigenvalue weighted by Crippen LogP contribution is 2.28. The Balaban J connectivity index is 1.88. The monoisotopic (exact) mass is 419 g/mol. The van der Waals surface area contributed by atoms with Gasteiger partial charge in [-0.1, -0.05) is 41.9 Å². The zero-order valence-corrected chi connectivity index (χ0v) is 16.7. The Morgan fingerprint density at radius 1 is 0.967 bits per heavy atom. The maximum Gasteiger partial charge on any atom is 0.132 e.